The predicted octanol–water partition coefficient (Wildman–Crippen LogP) is 2.36. The van der Waals surface area contributed by atoms with Gasteiger partial charge in [0.1, 0.15) is 0 Å². The summed E-state index contributed by atoms with van der Waals surface area (Å²) in [7, 11) is -0.242. The summed E-state index contributed by atoms with van der Waals surface area (Å²) in [6.07, 6.45) is 2.48. The molecule has 0 aliphatic carbocycles. The van der Waals surface area contributed by atoms with Gasteiger partial charge in [0.05, 0.1) is 4.86 Å². The molecular weight excluding hydrogens is 220 g/mol. The monoisotopic (exact) mass is 234 g/mol. The van der Waals surface area contributed by atoms with Crippen molar-refractivity contribution in [2.45, 2.75) is 18.6 Å². The second-order valence-corrected chi connectivity index (χ2v) is 6.06. The summed E-state index contributed by atoms with van der Waals surface area (Å²) in [5.74, 6) is -0.0264. The third-order valence-electron chi connectivity index (χ3n) is 2.86. The second-order valence-electron chi connectivity index (χ2n) is 3.97. The van der Waals surface area contributed by atoms with Crippen molar-refractivity contribution in [3.05, 3.63) is 35.9 Å². The van der Waals surface area contributed by atoms with E-state index in [0.717, 1.165) is 5.56 Å². The molecule has 0 N–H and O–H groups in total. The Bertz CT molecular complexity index is 474. The summed E-state index contributed by atoms with van der Waals surface area (Å²) < 4.78 is 0. The van der Waals surface area contributed by atoms with Gasteiger partial charge in [-0.3, -0.25) is 9.59 Å². The number of benzene rings is 1. The van der Waals surface area contributed by atoms with Crippen molar-refractivity contribution in [2.24, 2.45) is 0 Å². The minimum absolute atomic E-state index is 0.0344. The van der Waals surface area contributed by atoms with Crippen molar-refractivity contribution in [1.82, 2.24) is 0 Å². The summed E-state index contributed by atoms with van der Waals surface area (Å²) in [6, 6.07) is 9.98. The SMILES string of the molecule is CC(=O)C1=S(C)[C@@H](c2ccccc2)CC1=O. The first-order valence-corrected chi connectivity index (χ1v) is 6.91. The fraction of sp³-hybridized carbons (Fsp3) is 0.308. The lowest BCUT2D eigenvalue weighted by Gasteiger charge is -2.12. The number of ketones is 2. The Morgan fingerprint density at radius 2 is 1.94 bits per heavy atom. The van der Waals surface area contributed by atoms with E-state index in [4.69, 9.17) is 0 Å². The van der Waals surface area contributed by atoms with Crippen LogP contribution in [0.3, 0.4) is 0 Å². The van der Waals surface area contributed by atoms with Gasteiger partial charge in [-0.05, 0) is 18.7 Å². The highest BCUT2D eigenvalue weighted by Crippen LogP contribution is 2.42. The summed E-state index contributed by atoms with van der Waals surface area (Å²) in [6.45, 7) is 1.49. The van der Waals surface area contributed by atoms with E-state index in [0.29, 0.717) is 11.3 Å². The van der Waals surface area contributed by atoms with Gasteiger partial charge < -0.3 is 0 Å². The lowest BCUT2D eigenvalue weighted by Crippen LogP contribution is -2.16. The van der Waals surface area contributed by atoms with Gasteiger partial charge in [0.25, 0.3) is 0 Å². The fourth-order valence-electron chi connectivity index (χ4n) is 2.12. The molecule has 0 spiro atoms. The molecule has 1 unspecified atom stereocenters. The molecule has 0 aromatic heterocycles. The average molecular weight is 234 g/mol. The van der Waals surface area contributed by atoms with Crippen LogP contribution in [0.4, 0.5) is 0 Å². The topological polar surface area (TPSA) is 34.1 Å². The Morgan fingerprint density at radius 3 is 2.44 bits per heavy atom. The zero-order chi connectivity index (χ0) is 11.7. The molecule has 0 radical (unpaired) electrons. The van der Waals surface area contributed by atoms with Gasteiger partial charge in [0.2, 0.25) is 0 Å². The molecule has 1 heterocycles. The van der Waals surface area contributed by atoms with Crippen LogP contribution < -0.4 is 0 Å². The van der Waals surface area contributed by atoms with Crippen LogP contribution in [0.5, 0.6) is 0 Å². The van der Waals surface area contributed by atoms with E-state index >= 15 is 0 Å². The van der Waals surface area contributed by atoms with Crippen LogP contribution >= 0.6 is 10.5 Å². The van der Waals surface area contributed by atoms with E-state index in [1.165, 1.54) is 6.92 Å². The molecule has 2 atom stereocenters. The summed E-state index contributed by atoms with van der Waals surface area (Å²) in [5, 5.41) is 0.201. The zero-order valence-corrected chi connectivity index (χ0v) is 10.2. The van der Waals surface area contributed by atoms with Gasteiger partial charge >= 0.3 is 0 Å². The van der Waals surface area contributed by atoms with E-state index in [9.17, 15) is 9.59 Å². The summed E-state index contributed by atoms with van der Waals surface area (Å²) in [4.78, 5) is 23.7. The molecule has 84 valence electrons. The normalized spacial score (nSPS) is 24.9. The molecule has 1 aromatic rings. The number of carbonyl (C=O) groups excluding carboxylic acids is 2. The predicted molar refractivity (Wildman–Crippen MR) is 68.0 cm³/mol. The third kappa shape index (κ3) is 1.87. The first-order valence-electron chi connectivity index (χ1n) is 5.22. The molecule has 2 rings (SSSR count). The fourth-order valence-corrected chi connectivity index (χ4v) is 4.27. The number of carbonyl (C=O) groups is 2. The number of hydrogen-bond acceptors (Lipinski definition) is 2. The molecule has 16 heavy (non-hydrogen) atoms. The molecular formula is C13H14O2S. The lowest BCUT2D eigenvalue weighted by atomic mass is 10.1. The van der Waals surface area contributed by atoms with Crippen molar-refractivity contribution in [1.29, 1.82) is 0 Å². The number of rotatable bonds is 2. The van der Waals surface area contributed by atoms with Gasteiger partial charge in [0, 0.05) is 11.7 Å². The minimum atomic E-state index is -0.242. The molecule has 1 aromatic carbocycles. The summed E-state index contributed by atoms with van der Waals surface area (Å²) in [5.41, 5.74) is 1.16. The highest BCUT2D eigenvalue weighted by molar-refractivity contribution is 8.18. The van der Waals surface area contributed by atoms with Gasteiger partial charge in [0.15, 0.2) is 11.6 Å². The van der Waals surface area contributed by atoms with Crippen LogP contribution in [0, 0.1) is 0 Å². The van der Waals surface area contributed by atoms with Gasteiger partial charge in [-0.1, -0.05) is 30.3 Å². The highest BCUT2D eigenvalue weighted by atomic mass is 32.2. The maximum Gasteiger partial charge on any atom is 0.173 e. The van der Waals surface area contributed by atoms with Crippen LogP contribution in [0.1, 0.15) is 24.2 Å². The van der Waals surface area contributed by atoms with E-state index in [1.807, 2.05) is 36.6 Å². The Morgan fingerprint density at radius 1 is 1.31 bits per heavy atom. The van der Waals surface area contributed by atoms with Crippen molar-refractivity contribution >= 4 is 26.9 Å². The molecule has 0 saturated heterocycles. The van der Waals surface area contributed by atoms with Gasteiger partial charge in [-0.15, -0.1) is 0 Å². The maximum absolute atomic E-state index is 11.8. The van der Waals surface area contributed by atoms with E-state index in [1.54, 1.807) is 0 Å². The molecule has 1 aliphatic rings. The molecule has 2 nitrogen and oxygen atoms in total. The lowest BCUT2D eigenvalue weighted by molar-refractivity contribution is -0.115. The Labute approximate surface area is 97.6 Å². The first-order chi connectivity index (χ1) is 7.61. The summed E-state index contributed by atoms with van der Waals surface area (Å²) >= 11 is 0. The Kier molecular flexibility index (Phi) is 3.06. The van der Waals surface area contributed by atoms with Crippen LogP contribution in [-0.4, -0.2) is 22.7 Å². The molecule has 0 bridgehead atoms. The number of hydrogen-bond donors (Lipinski definition) is 0. The van der Waals surface area contributed by atoms with Crippen molar-refractivity contribution < 1.29 is 9.59 Å². The second kappa shape index (κ2) is 4.34. The van der Waals surface area contributed by atoms with Gasteiger partial charge in [-0.25, -0.2) is 0 Å². The first kappa shape index (κ1) is 11.3. The highest BCUT2D eigenvalue weighted by Gasteiger charge is 2.31. The molecule has 3 heteroatoms. The van der Waals surface area contributed by atoms with Crippen LogP contribution in [0.2, 0.25) is 0 Å². The molecule has 0 amide bonds. The Balaban J connectivity index is 2.42. The Hall–Kier alpha value is -1.22. The van der Waals surface area contributed by atoms with Crippen LogP contribution in [-0.2, 0) is 9.59 Å². The smallest absolute Gasteiger partial charge is 0.173 e. The average Bonchev–Trinajstić information content (AvgIpc) is 2.55. The maximum atomic E-state index is 11.8. The third-order valence-corrected chi connectivity index (χ3v) is 5.32. The van der Waals surface area contributed by atoms with Crippen LogP contribution in [0.25, 0.3) is 0 Å². The quantitative estimate of drug-likeness (QED) is 0.736. The molecule has 0 saturated carbocycles. The minimum Gasteiger partial charge on any atom is -0.294 e. The van der Waals surface area contributed by atoms with Crippen molar-refractivity contribution in [3.63, 3.8) is 0 Å². The van der Waals surface area contributed by atoms with E-state index in [-0.39, 0.29) is 27.3 Å². The van der Waals surface area contributed by atoms with Crippen molar-refractivity contribution in [3.8, 4) is 0 Å². The zero-order valence-electron chi connectivity index (χ0n) is 9.40. The van der Waals surface area contributed by atoms with E-state index < -0.39 is 0 Å². The van der Waals surface area contributed by atoms with Gasteiger partial charge in [-0.2, -0.15) is 10.5 Å². The molecule has 1 aliphatic heterocycles. The van der Waals surface area contributed by atoms with E-state index in [2.05, 4.69) is 0 Å². The van der Waals surface area contributed by atoms with Crippen molar-refractivity contribution in [2.75, 3.05) is 6.26 Å². The standard InChI is InChI=1S/C13H14O2S/c1-9(14)13-11(15)8-12(16(13)2)10-6-4-3-5-7-10/h3-7,12H,8H2,1-2H3/t12-,16?/m1/s1. The largest absolute Gasteiger partial charge is 0.294 e. The van der Waals surface area contributed by atoms with Crippen LogP contribution in [0.15, 0.2) is 30.3 Å². The molecule has 0 fully saturated rings. The number of Topliss-reactive ketones (excluding diaryl/α,β-unsaturated/α-hetero) is 2.